The van der Waals surface area contributed by atoms with Crippen molar-refractivity contribution in [3.63, 3.8) is 0 Å². The van der Waals surface area contributed by atoms with Crippen molar-refractivity contribution in [3.8, 4) is 6.07 Å². The molecule has 0 unspecified atom stereocenters. The molecule has 0 saturated heterocycles. The fourth-order valence-corrected chi connectivity index (χ4v) is 1.59. The maximum atomic E-state index is 8.57. The quantitative estimate of drug-likeness (QED) is 0.715. The molecule has 0 aliphatic heterocycles. The van der Waals surface area contributed by atoms with Crippen LogP contribution in [0.5, 0.6) is 0 Å². The predicted octanol–water partition coefficient (Wildman–Crippen LogP) is 1.42. The van der Waals surface area contributed by atoms with Gasteiger partial charge in [0.1, 0.15) is 12.8 Å². The molecule has 0 saturated carbocycles. The molecule has 1 rings (SSSR count). The summed E-state index contributed by atoms with van der Waals surface area (Å²) >= 11 is 0. The zero-order chi connectivity index (χ0) is 11.3. The molecule has 0 amide bonds. The first-order valence-electron chi connectivity index (χ1n) is 4.67. The fourth-order valence-electron chi connectivity index (χ4n) is 0.967. The second-order valence-electron chi connectivity index (χ2n) is 4.22. The molecule has 0 aromatic carbocycles. The fraction of sp³-hybridized carbons (Fsp3) is 0.600. The first-order valence-corrected chi connectivity index (χ1v) is 7.69. The van der Waals surface area contributed by atoms with Gasteiger partial charge in [0, 0.05) is 11.9 Å². The second kappa shape index (κ2) is 5.19. The topological polar surface area (TPSA) is 50.8 Å². The summed E-state index contributed by atoms with van der Waals surface area (Å²) in [5, 5.41) is 8.57. The molecular formula is C10H17N3OS. The largest absolute Gasteiger partial charge is 0.360 e. The van der Waals surface area contributed by atoms with E-state index < -0.39 is 10.0 Å². The molecule has 0 N–H and O–H groups in total. The van der Waals surface area contributed by atoms with Crippen molar-refractivity contribution in [2.24, 2.45) is 0 Å². The third-order valence-corrected chi connectivity index (χ3v) is 3.22. The summed E-state index contributed by atoms with van der Waals surface area (Å²) in [4.78, 5) is 3.89. The highest BCUT2D eigenvalue weighted by Crippen LogP contribution is 2.33. The highest BCUT2D eigenvalue weighted by molar-refractivity contribution is 8.32. The normalized spacial score (nSPS) is 12.4. The average Bonchev–Trinajstić information content (AvgIpc) is 2.59. The van der Waals surface area contributed by atoms with Gasteiger partial charge in [-0.15, -0.1) is 0 Å². The van der Waals surface area contributed by atoms with Crippen LogP contribution in [-0.2, 0) is 11.5 Å². The van der Waals surface area contributed by atoms with Gasteiger partial charge in [0.2, 0.25) is 0 Å². The zero-order valence-electron chi connectivity index (χ0n) is 9.43. The van der Waals surface area contributed by atoms with Crippen molar-refractivity contribution in [1.82, 2.24) is 9.55 Å². The number of nitriles is 1. The average molecular weight is 227 g/mol. The highest BCUT2D eigenvalue weighted by Gasteiger charge is 2.03. The van der Waals surface area contributed by atoms with Crippen LogP contribution in [-0.4, -0.2) is 40.7 Å². The van der Waals surface area contributed by atoms with Crippen LogP contribution in [0.3, 0.4) is 0 Å². The summed E-state index contributed by atoms with van der Waals surface area (Å²) in [5.74, 6) is 1.10. The number of hydrogen-bond donors (Lipinski definition) is 0. The Hall–Kier alpha value is -0.990. The Balaban J connectivity index is 2.24. The minimum atomic E-state index is -0.480. The molecule has 0 fully saturated rings. The molecule has 0 spiro atoms. The summed E-state index contributed by atoms with van der Waals surface area (Å²) < 4.78 is 7.26. The lowest BCUT2D eigenvalue weighted by molar-refractivity contribution is 0.0896. The molecule has 0 atom stereocenters. The minimum absolute atomic E-state index is 0.431. The molecular weight excluding hydrogens is 210 g/mol. The Morgan fingerprint density at radius 1 is 1.53 bits per heavy atom. The van der Waals surface area contributed by atoms with Crippen LogP contribution in [0.2, 0.25) is 0 Å². The van der Waals surface area contributed by atoms with E-state index in [1.165, 1.54) is 0 Å². The predicted molar refractivity (Wildman–Crippen MR) is 63.1 cm³/mol. The molecule has 0 aliphatic rings. The van der Waals surface area contributed by atoms with Crippen molar-refractivity contribution < 1.29 is 4.74 Å². The summed E-state index contributed by atoms with van der Waals surface area (Å²) in [5.41, 5.74) is 0.431. The monoisotopic (exact) mass is 227 g/mol. The lowest BCUT2D eigenvalue weighted by Gasteiger charge is -2.24. The Kier molecular flexibility index (Phi) is 4.18. The van der Waals surface area contributed by atoms with E-state index in [1.807, 2.05) is 6.07 Å². The first-order chi connectivity index (χ1) is 7.01. The van der Waals surface area contributed by atoms with Gasteiger partial charge in [-0.05, 0) is 18.8 Å². The molecule has 4 nitrogen and oxygen atoms in total. The van der Waals surface area contributed by atoms with Gasteiger partial charge < -0.3 is 9.30 Å². The van der Waals surface area contributed by atoms with E-state index in [1.54, 1.807) is 17.1 Å². The number of hydrogen-bond acceptors (Lipinski definition) is 3. The van der Waals surface area contributed by atoms with Crippen LogP contribution in [0, 0.1) is 11.3 Å². The van der Waals surface area contributed by atoms with Gasteiger partial charge in [0.15, 0.2) is 5.69 Å². The van der Waals surface area contributed by atoms with Gasteiger partial charge in [-0.3, -0.25) is 0 Å². The minimum Gasteiger partial charge on any atom is -0.360 e. The van der Waals surface area contributed by atoms with E-state index in [4.69, 9.17) is 10.00 Å². The van der Waals surface area contributed by atoms with Gasteiger partial charge in [0.25, 0.3) is 0 Å². The van der Waals surface area contributed by atoms with Gasteiger partial charge in [0.05, 0.1) is 12.9 Å². The van der Waals surface area contributed by atoms with E-state index in [0.717, 1.165) is 12.4 Å². The molecule has 0 radical (unpaired) electrons. The summed E-state index contributed by atoms with van der Waals surface area (Å²) in [7, 11) is -0.480. The van der Waals surface area contributed by atoms with E-state index in [2.05, 4.69) is 23.8 Å². The Bertz CT molecular complexity index is 348. The molecule has 1 aromatic heterocycles. The number of rotatable bonds is 5. The second-order valence-corrected chi connectivity index (χ2v) is 8.81. The van der Waals surface area contributed by atoms with Crippen molar-refractivity contribution in [3.05, 3.63) is 18.2 Å². The summed E-state index contributed by atoms with van der Waals surface area (Å²) in [6, 6.07) is 1.98. The SMILES string of the molecule is CS(C)(C)CCOCn1cnc(C#N)c1. The van der Waals surface area contributed by atoms with Gasteiger partial charge in [-0.2, -0.15) is 5.26 Å². The molecule has 0 aliphatic carbocycles. The maximum absolute atomic E-state index is 8.57. The highest BCUT2D eigenvalue weighted by atomic mass is 32.3. The van der Waals surface area contributed by atoms with Crippen LogP contribution in [0.4, 0.5) is 0 Å². The Morgan fingerprint density at radius 2 is 2.27 bits per heavy atom. The molecule has 1 heterocycles. The number of imidazole rings is 1. The number of aromatic nitrogens is 2. The third kappa shape index (κ3) is 4.86. The molecule has 1 aromatic rings. The Labute approximate surface area is 92.2 Å². The van der Waals surface area contributed by atoms with Crippen LogP contribution >= 0.6 is 10.0 Å². The van der Waals surface area contributed by atoms with E-state index in [0.29, 0.717) is 12.4 Å². The lowest BCUT2D eigenvalue weighted by Crippen LogP contribution is -2.09. The van der Waals surface area contributed by atoms with Crippen LogP contribution < -0.4 is 0 Å². The first kappa shape index (κ1) is 12.1. The zero-order valence-corrected chi connectivity index (χ0v) is 10.3. The molecule has 15 heavy (non-hydrogen) atoms. The molecule has 0 bridgehead atoms. The summed E-state index contributed by atoms with van der Waals surface area (Å²) in [6.45, 7) is 1.24. The van der Waals surface area contributed by atoms with Crippen molar-refractivity contribution >= 4 is 10.0 Å². The maximum Gasteiger partial charge on any atom is 0.158 e. The van der Waals surface area contributed by atoms with Crippen LogP contribution in [0.1, 0.15) is 5.69 Å². The van der Waals surface area contributed by atoms with E-state index in [-0.39, 0.29) is 0 Å². The standard InChI is InChI=1S/C10H17N3OS/c1-15(2,3)5-4-14-9-13-7-10(6-11)12-8-13/h7-8H,4-5,9H2,1-3H3. The Morgan fingerprint density at radius 3 is 2.80 bits per heavy atom. The smallest absolute Gasteiger partial charge is 0.158 e. The molecule has 5 heteroatoms. The van der Waals surface area contributed by atoms with E-state index >= 15 is 0 Å². The number of ether oxygens (including phenoxy) is 1. The number of nitrogens with zero attached hydrogens (tertiary/aromatic N) is 3. The van der Waals surface area contributed by atoms with Crippen molar-refractivity contribution in [2.75, 3.05) is 31.1 Å². The molecule has 84 valence electrons. The summed E-state index contributed by atoms with van der Waals surface area (Å²) in [6.07, 6.45) is 10.1. The van der Waals surface area contributed by atoms with Crippen LogP contribution in [0.15, 0.2) is 12.5 Å². The van der Waals surface area contributed by atoms with Gasteiger partial charge in [-0.25, -0.2) is 15.0 Å². The van der Waals surface area contributed by atoms with Crippen molar-refractivity contribution in [2.45, 2.75) is 6.73 Å². The van der Waals surface area contributed by atoms with Crippen LogP contribution in [0.25, 0.3) is 0 Å². The van der Waals surface area contributed by atoms with Gasteiger partial charge in [-0.1, -0.05) is 0 Å². The van der Waals surface area contributed by atoms with E-state index in [9.17, 15) is 0 Å². The third-order valence-electron chi connectivity index (χ3n) is 1.83. The van der Waals surface area contributed by atoms with Crippen molar-refractivity contribution in [1.29, 1.82) is 5.26 Å². The lowest BCUT2D eigenvalue weighted by atomic mass is 10.5. The van der Waals surface area contributed by atoms with Gasteiger partial charge >= 0.3 is 0 Å².